The van der Waals surface area contributed by atoms with Gasteiger partial charge in [0.1, 0.15) is 29.2 Å². The third kappa shape index (κ3) is 6.20. The van der Waals surface area contributed by atoms with E-state index in [1.54, 1.807) is 7.11 Å². The molecule has 0 radical (unpaired) electrons. The molecule has 3 aromatic carbocycles. The highest BCUT2D eigenvalue weighted by Crippen LogP contribution is 2.41. The van der Waals surface area contributed by atoms with Crippen molar-refractivity contribution in [1.29, 1.82) is 0 Å². The molecule has 0 saturated carbocycles. The maximum Gasteiger partial charge on any atom is 0.220 e. The fourth-order valence-electron chi connectivity index (χ4n) is 3.55. The van der Waals surface area contributed by atoms with Crippen LogP contribution in [0.25, 0.3) is 5.69 Å². The van der Waals surface area contributed by atoms with Gasteiger partial charge in [0, 0.05) is 20.6 Å². The van der Waals surface area contributed by atoms with Crippen molar-refractivity contribution in [3.63, 3.8) is 0 Å². The van der Waals surface area contributed by atoms with Crippen molar-refractivity contribution in [2.24, 2.45) is 0 Å². The van der Waals surface area contributed by atoms with Gasteiger partial charge in [0.15, 0.2) is 5.16 Å². The summed E-state index contributed by atoms with van der Waals surface area (Å²) < 4.78 is 14.0. The van der Waals surface area contributed by atoms with Gasteiger partial charge in [0.2, 0.25) is 6.54 Å². The number of benzene rings is 3. The van der Waals surface area contributed by atoms with E-state index in [2.05, 4.69) is 26.1 Å². The van der Waals surface area contributed by atoms with Crippen LogP contribution in [0.2, 0.25) is 0 Å². The summed E-state index contributed by atoms with van der Waals surface area (Å²) in [7, 11) is 1.61. The number of aryl methyl sites for hydroxylation is 1. The maximum absolute atomic E-state index is 11.7. The van der Waals surface area contributed by atoms with Crippen LogP contribution in [0.1, 0.15) is 22.2 Å². The summed E-state index contributed by atoms with van der Waals surface area (Å²) in [5.74, 6) is 1.99. The molecule has 1 aromatic heterocycles. The normalized spacial score (nSPS) is 11.7. The third-order valence-corrected chi connectivity index (χ3v) is 6.90. The van der Waals surface area contributed by atoms with Crippen LogP contribution in [0, 0.1) is 17.0 Å². The number of hydrogen-bond donors (Lipinski definition) is 0. The highest BCUT2D eigenvalue weighted by atomic mass is 79.9. The highest BCUT2D eigenvalue weighted by molar-refractivity contribution is 9.10. The first-order chi connectivity index (χ1) is 16.9. The Morgan fingerprint density at radius 1 is 1.09 bits per heavy atom. The third-order valence-electron chi connectivity index (χ3n) is 5.24. The van der Waals surface area contributed by atoms with Gasteiger partial charge in [-0.2, -0.15) is 0 Å². The molecule has 10 heteroatoms. The number of nitrogens with zero attached hydrogens (tertiary/aromatic N) is 4. The zero-order valence-electron chi connectivity index (χ0n) is 19.1. The second kappa shape index (κ2) is 11.4. The molecule has 0 aliphatic carbocycles. The van der Waals surface area contributed by atoms with E-state index >= 15 is 0 Å². The van der Waals surface area contributed by atoms with Gasteiger partial charge in [-0.05, 0) is 55.0 Å². The molecule has 1 heterocycles. The molecule has 0 unspecified atom stereocenters. The van der Waals surface area contributed by atoms with Crippen molar-refractivity contribution < 1.29 is 14.4 Å². The Labute approximate surface area is 215 Å². The van der Waals surface area contributed by atoms with Crippen LogP contribution in [-0.4, -0.2) is 33.3 Å². The van der Waals surface area contributed by atoms with Crippen molar-refractivity contribution in [2.45, 2.75) is 23.9 Å². The molecule has 0 aliphatic heterocycles. The number of ether oxygens (including phenoxy) is 2. The molecule has 0 saturated heterocycles. The lowest BCUT2D eigenvalue weighted by Gasteiger charge is -2.18. The Balaban J connectivity index is 1.67. The van der Waals surface area contributed by atoms with Gasteiger partial charge in [0.25, 0.3) is 0 Å². The van der Waals surface area contributed by atoms with Crippen LogP contribution in [-0.2, 0) is 6.61 Å². The lowest BCUT2D eigenvalue weighted by molar-refractivity contribution is -0.479. The van der Waals surface area contributed by atoms with E-state index in [0.29, 0.717) is 28.9 Å². The smallest absolute Gasteiger partial charge is 0.220 e. The summed E-state index contributed by atoms with van der Waals surface area (Å²) in [6.45, 7) is 1.89. The molecule has 35 heavy (non-hydrogen) atoms. The van der Waals surface area contributed by atoms with Gasteiger partial charge < -0.3 is 9.47 Å². The summed E-state index contributed by atoms with van der Waals surface area (Å²) in [5, 5.41) is 20.2. The van der Waals surface area contributed by atoms with Crippen LogP contribution in [0.4, 0.5) is 0 Å². The molecule has 4 aromatic rings. The van der Waals surface area contributed by atoms with E-state index in [1.165, 1.54) is 11.8 Å². The summed E-state index contributed by atoms with van der Waals surface area (Å²) in [4.78, 5) is 11.3. The van der Waals surface area contributed by atoms with Gasteiger partial charge in [0.05, 0.1) is 7.11 Å². The summed E-state index contributed by atoms with van der Waals surface area (Å²) in [6.07, 6.45) is 0. The lowest BCUT2D eigenvalue weighted by atomic mass is 10.1. The van der Waals surface area contributed by atoms with E-state index in [9.17, 15) is 10.1 Å². The standard InChI is InChI=1S/C25H23BrN4O4S/c1-17-27-28-25(30(17)20-9-11-21(33-2)12-10-20)35-24(15-29(31)32)22-14-19(26)8-13-23(22)34-16-18-6-4-3-5-7-18/h3-14,24H,15-16H2,1-2H3/t24-/m1/s1. The summed E-state index contributed by atoms with van der Waals surface area (Å²) in [5.41, 5.74) is 2.55. The monoisotopic (exact) mass is 554 g/mol. The molecular weight excluding hydrogens is 532 g/mol. The van der Waals surface area contributed by atoms with E-state index in [4.69, 9.17) is 9.47 Å². The van der Waals surface area contributed by atoms with Crippen molar-refractivity contribution >= 4 is 27.7 Å². The van der Waals surface area contributed by atoms with Gasteiger partial charge >= 0.3 is 0 Å². The zero-order valence-corrected chi connectivity index (χ0v) is 21.5. The number of halogens is 1. The van der Waals surface area contributed by atoms with Crippen LogP contribution in [0.15, 0.2) is 82.4 Å². The Kier molecular flexibility index (Phi) is 8.04. The minimum absolute atomic E-state index is 0.308. The van der Waals surface area contributed by atoms with E-state index < -0.39 is 5.25 Å². The maximum atomic E-state index is 11.7. The number of aromatic nitrogens is 3. The molecule has 1 atom stereocenters. The molecule has 0 aliphatic rings. The number of methoxy groups -OCH3 is 1. The van der Waals surface area contributed by atoms with Gasteiger partial charge in [-0.25, -0.2) is 0 Å². The van der Waals surface area contributed by atoms with Crippen LogP contribution < -0.4 is 9.47 Å². The van der Waals surface area contributed by atoms with Crippen molar-refractivity contribution in [2.75, 3.05) is 13.7 Å². The number of thioether (sulfide) groups is 1. The van der Waals surface area contributed by atoms with Crippen LogP contribution in [0.5, 0.6) is 11.5 Å². The molecule has 180 valence electrons. The molecule has 4 rings (SSSR count). The Bertz CT molecular complexity index is 1300. The van der Waals surface area contributed by atoms with E-state index in [0.717, 1.165) is 21.5 Å². The van der Waals surface area contributed by atoms with Crippen molar-refractivity contribution in [1.82, 2.24) is 14.8 Å². The van der Waals surface area contributed by atoms with Crippen LogP contribution in [0.3, 0.4) is 0 Å². The first-order valence-corrected chi connectivity index (χ1v) is 12.4. The number of hydrogen-bond acceptors (Lipinski definition) is 7. The lowest BCUT2D eigenvalue weighted by Crippen LogP contribution is -2.12. The largest absolute Gasteiger partial charge is 0.497 e. The predicted molar refractivity (Wildman–Crippen MR) is 138 cm³/mol. The molecule has 0 bridgehead atoms. The molecule has 0 fully saturated rings. The number of nitro groups is 1. The van der Waals surface area contributed by atoms with Gasteiger partial charge in [-0.1, -0.05) is 58.0 Å². The van der Waals surface area contributed by atoms with E-state index in [1.807, 2.05) is 84.3 Å². The Morgan fingerprint density at radius 3 is 2.51 bits per heavy atom. The first-order valence-electron chi connectivity index (χ1n) is 10.8. The summed E-state index contributed by atoms with van der Waals surface area (Å²) in [6, 6.07) is 22.8. The van der Waals surface area contributed by atoms with Gasteiger partial charge in [-0.3, -0.25) is 14.7 Å². The van der Waals surface area contributed by atoms with E-state index in [-0.39, 0.29) is 11.5 Å². The number of rotatable bonds is 10. The Morgan fingerprint density at radius 2 is 1.83 bits per heavy atom. The van der Waals surface area contributed by atoms with Crippen LogP contribution >= 0.6 is 27.7 Å². The molecular formula is C25H23BrN4O4S. The van der Waals surface area contributed by atoms with Gasteiger partial charge in [-0.15, -0.1) is 10.2 Å². The second-order valence-corrected chi connectivity index (χ2v) is 9.73. The minimum atomic E-state index is -0.561. The molecule has 0 spiro atoms. The molecule has 0 N–H and O–H groups in total. The Hall–Kier alpha value is -3.37. The quantitative estimate of drug-likeness (QED) is 0.134. The zero-order chi connectivity index (χ0) is 24.8. The molecule has 8 nitrogen and oxygen atoms in total. The SMILES string of the molecule is COc1ccc(-n2c(C)nnc2S[C@H](C[N+](=O)[O-])c2cc(Br)ccc2OCc2ccccc2)cc1. The summed E-state index contributed by atoms with van der Waals surface area (Å²) >= 11 is 4.78. The highest BCUT2D eigenvalue weighted by Gasteiger charge is 2.27. The topological polar surface area (TPSA) is 92.3 Å². The molecule has 0 amide bonds. The fourth-order valence-corrected chi connectivity index (χ4v) is 5.12. The average molecular weight is 555 g/mol. The fraction of sp³-hybridized carbons (Fsp3) is 0.200. The van der Waals surface area contributed by atoms with Crippen molar-refractivity contribution in [3.05, 3.63) is 104 Å². The first kappa shape index (κ1) is 24.7. The predicted octanol–water partition coefficient (Wildman–Crippen LogP) is 6.04. The minimum Gasteiger partial charge on any atom is -0.497 e. The van der Waals surface area contributed by atoms with Crippen molar-refractivity contribution in [3.8, 4) is 17.2 Å². The average Bonchev–Trinajstić information content (AvgIpc) is 3.23. The second-order valence-electron chi connectivity index (χ2n) is 7.64.